The van der Waals surface area contributed by atoms with Gasteiger partial charge < -0.3 is 33.2 Å². The molecule has 3 atom stereocenters. The Morgan fingerprint density at radius 3 is 1.10 bits per heavy atom. The monoisotopic (exact) mass is 591 g/mol. The molecule has 0 aliphatic carbocycles. The van der Waals surface area contributed by atoms with E-state index in [0.29, 0.717) is 73.2 Å². The van der Waals surface area contributed by atoms with Crippen molar-refractivity contribution in [3.05, 3.63) is 48.2 Å². The Hall–Kier alpha value is -2.82. The molecule has 3 amide bonds. The van der Waals surface area contributed by atoms with E-state index in [-0.39, 0.29) is 34.8 Å². The van der Waals surface area contributed by atoms with Crippen molar-refractivity contribution >= 4 is 51.7 Å². The van der Waals surface area contributed by atoms with Crippen molar-refractivity contribution in [2.75, 3.05) is 19.6 Å². The van der Waals surface area contributed by atoms with Crippen molar-refractivity contribution in [3.63, 3.8) is 0 Å². The van der Waals surface area contributed by atoms with Gasteiger partial charge in [-0.15, -0.1) is 34.0 Å². The summed E-state index contributed by atoms with van der Waals surface area (Å²) in [7, 11) is 0. The van der Waals surface area contributed by atoms with E-state index in [1.807, 2.05) is 0 Å². The molecule has 9 N–H and O–H groups in total. The summed E-state index contributed by atoms with van der Waals surface area (Å²) in [4.78, 5) is 53.2. The van der Waals surface area contributed by atoms with Gasteiger partial charge in [-0.25, -0.2) is 15.0 Å². The second kappa shape index (κ2) is 14.0. The Labute approximate surface area is 238 Å². The molecule has 0 aromatic carbocycles. The van der Waals surface area contributed by atoms with Gasteiger partial charge in [-0.3, -0.25) is 14.4 Å². The summed E-state index contributed by atoms with van der Waals surface area (Å²) < 4.78 is 0. The first-order valence-corrected chi connectivity index (χ1v) is 15.5. The molecular formula is C24H33N9O3S3. The van der Waals surface area contributed by atoms with Crippen molar-refractivity contribution in [2.24, 2.45) is 17.2 Å². The molecular weight excluding hydrogens is 559 g/mol. The third-order valence-electron chi connectivity index (χ3n) is 6.16. The van der Waals surface area contributed by atoms with Crippen LogP contribution in [0.2, 0.25) is 0 Å². The fourth-order valence-corrected chi connectivity index (χ4v) is 6.74. The summed E-state index contributed by atoms with van der Waals surface area (Å²) in [6.07, 6.45) is 3.66. The first kappa shape index (κ1) is 29.2. The number of aromatic nitrogens is 3. The fourth-order valence-electron chi connectivity index (χ4n) is 4.09. The Balaban J connectivity index is 1.72. The van der Waals surface area contributed by atoms with E-state index in [4.69, 9.17) is 17.2 Å². The number of carbonyl (C=O) groups is 3. The fraction of sp³-hybridized carbons (Fsp3) is 0.500. The molecule has 39 heavy (non-hydrogen) atoms. The smallest absolute Gasteiger partial charge is 0.271 e. The standard InChI is InChI=1S/C24H33N9O3S3/c25-7-1-4-13-22-31-17(10-37-22)20(35)29-15(6-3-9-27)24-33-18(12-39-24)21(36)30-14(5-2-8-26)23-32-16(11-38-23)19(34)28-13/h10-15H,1-9,25-27H2,(H,28,34)(H,29,35)(H,30,36)/t13-,14-,15-/m0/s1. The number of hydrogen-bond donors (Lipinski definition) is 6. The molecule has 6 bridgehead atoms. The second-order valence-electron chi connectivity index (χ2n) is 9.08. The molecule has 210 valence electrons. The Kier molecular flexibility index (Phi) is 10.5. The minimum absolute atomic E-state index is 0.245. The first-order chi connectivity index (χ1) is 18.9. The van der Waals surface area contributed by atoms with Crippen LogP contribution >= 0.6 is 34.0 Å². The second-order valence-corrected chi connectivity index (χ2v) is 11.8. The third kappa shape index (κ3) is 7.43. The number of thiazole rings is 3. The molecule has 1 aliphatic heterocycles. The average molecular weight is 592 g/mol. The van der Waals surface area contributed by atoms with Crippen molar-refractivity contribution in [2.45, 2.75) is 56.7 Å². The predicted octanol–water partition coefficient (Wildman–Crippen LogP) is 2.00. The maximum absolute atomic E-state index is 13.2. The van der Waals surface area contributed by atoms with Crippen LogP contribution in [0.1, 0.15) is 103 Å². The quantitative estimate of drug-likeness (QED) is 0.215. The first-order valence-electron chi connectivity index (χ1n) is 12.8. The van der Waals surface area contributed by atoms with E-state index in [9.17, 15) is 14.4 Å². The summed E-state index contributed by atoms with van der Waals surface area (Å²) in [6, 6.07) is -1.29. The molecule has 0 saturated carbocycles. The van der Waals surface area contributed by atoms with Gasteiger partial charge in [-0.05, 0) is 58.2 Å². The number of rotatable bonds is 9. The van der Waals surface area contributed by atoms with E-state index in [1.165, 1.54) is 34.0 Å². The summed E-state index contributed by atoms with van der Waals surface area (Å²) in [5, 5.41) is 15.9. The van der Waals surface area contributed by atoms with Crippen LogP contribution in [0.15, 0.2) is 16.1 Å². The molecule has 0 spiro atoms. The van der Waals surface area contributed by atoms with Gasteiger partial charge in [0.15, 0.2) is 0 Å². The summed E-state index contributed by atoms with van der Waals surface area (Å²) >= 11 is 3.91. The average Bonchev–Trinajstić information content (AvgIpc) is 3.71. The zero-order chi connectivity index (χ0) is 27.8. The molecule has 4 heterocycles. The van der Waals surface area contributed by atoms with E-state index in [0.717, 1.165) is 0 Å². The van der Waals surface area contributed by atoms with E-state index < -0.39 is 18.1 Å². The number of nitrogens with two attached hydrogens (primary N) is 3. The molecule has 15 heteroatoms. The van der Waals surface area contributed by atoms with Crippen molar-refractivity contribution in [1.29, 1.82) is 0 Å². The molecule has 0 radical (unpaired) electrons. The highest BCUT2D eigenvalue weighted by atomic mass is 32.1. The lowest BCUT2D eigenvalue weighted by Gasteiger charge is -2.17. The molecule has 1 aliphatic rings. The zero-order valence-electron chi connectivity index (χ0n) is 21.4. The van der Waals surface area contributed by atoms with Gasteiger partial charge >= 0.3 is 0 Å². The van der Waals surface area contributed by atoms with E-state index in [2.05, 4.69) is 30.9 Å². The van der Waals surface area contributed by atoms with Crippen LogP contribution < -0.4 is 33.2 Å². The zero-order valence-corrected chi connectivity index (χ0v) is 23.8. The maximum Gasteiger partial charge on any atom is 0.271 e. The molecule has 3 aromatic rings. The van der Waals surface area contributed by atoms with Gasteiger partial charge in [0, 0.05) is 16.1 Å². The largest absolute Gasteiger partial charge is 0.341 e. The Morgan fingerprint density at radius 2 is 0.846 bits per heavy atom. The van der Waals surface area contributed by atoms with Crippen molar-refractivity contribution < 1.29 is 14.4 Å². The topological polar surface area (TPSA) is 204 Å². The molecule has 0 unspecified atom stereocenters. The molecule has 0 saturated heterocycles. The van der Waals surface area contributed by atoms with Crippen molar-refractivity contribution in [3.8, 4) is 0 Å². The number of nitrogens with zero attached hydrogens (tertiary/aromatic N) is 3. The summed E-state index contributed by atoms with van der Waals surface area (Å²) in [5.74, 6) is -1.09. The van der Waals surface area contributed by atoms with Gasteiger partial charge in [0.25, 0.3) is 17.7 Å². The van der Waals surface area contributed by atoms with Crippen LogP contribution in [0.3, 0.4) is 0 Å². The van der Waals surface area contributed by atoms with Crippen LogP contribution in [0.25, 0.3) is 0 Å². The number of amides is 3. The summed E-state index contributed by atoms with van der Waals surface area (Å²) in [6.45, 7) is 1.35. The highest BCUT2D eigenvalue weighted by Crippen LogP contribution is 2.28. The Morgan fingerprint density at radius 1 is 0.564 bits per heavy atom. The Bertz CT molecular complexity index is 1120. The predicted molar refractivity (Wildman–Crippen MR) is 152 cm³/mol. The molecule has 3 aromatic heterocycles. The van der Waals surface area contributed by atoms with Gasteiger partial charge in [-0.2, -0.15) is 0 Å². The lowest BCUT2D eigenvalue weighted by Crippen LogP contribution is -2.32. The van der Waals surface area contributed by atoms with Crippen LogP contribution in [0.5, 0.6) is 0 Å². The molecule has 4 rings (SSSR count). The number of hydrogen-bond acceptors (Lipinski definition) is 12. The van der Waals surface area contributed by atoms with Gasteiger partial charge in [-0.1, -0.05) is 0 Å². The third-order valence-corrected chi connectivity index (χ3v) is 9.04. The number of carbonyl (C=O) groups excluding carboxylic acids is 3. The van der Waals surface area contributed by atoms with E-state index in [1.54, 1.807) is 16.1 Å². The van der Waals surface area contributed by atoms with Crippen LogP contribution in [0, 0.1) is 0 Å². The SMILES string of the molecule is NCCC[C@@H]1NC(=O)c2csc(n2)[C@H](CCCN)NC(=O)c2csc(n2)[C@H](CCCN)NC(=O)c2csc1n2. The minimum atomic E-state index is -0.432. The minimum Gasteiger partial charge on any atom is -0.341 e. The highest BCUT2D eigenvalue weighted by Gasteiger charge is 2.27. The van der Waals surface area contributed by atoms with Crippen LogP contribution in [-0.2, 0) is 0 Å². The number of nitrogens with one attached hydrogen (secondary N) is 3. The van der Waals surface area contributed by atoms with Gasteiger partial charge in [0.05, 0.1) is 18.1 Å². The molecule has 0 fully saturated rings. The van der Waals surface area contributed by atoms with Crippen LogP contribution in [-0.4, -0.2) is 52.3 Å². The van der Waals surface area contributed by atoms with E-state index >= 15 is 0 Å². The maximum atomic E-state index is 13.2. The van der Waals surface area contributed by atoms with Crippen LogP contribution in [0.4, 0.5) is 0 Å². The molecule has 12 nitrogen and oxygen atoms in total. The van der Waals surface area contributed by atoms with Gasteiger partial charge in [0.1, 0.15) is 32.1 Å². The summed E-state index contributed by atoms with van der Waals surface area (Å²) in [5.41, 5.74) is 17.9. The normalized spacial score (nSPS) is 20.1. The lowest BCUT2D eigenvalue weighted by molar-refractivity contribution is 0.0926. The number of fused-ring (bicyclic) bond motifs is 6. The van der Waals surface area contributed by atoms with Gasteiger partial charge in [0.2, 0.25) is 0 Å². The van der Waals surface area contributed by atoms with Crippen molar-refractivity contribution in [1.82, 2.24) is 30.9 Å². The lowest BCUT2D eigenvalue weighted by atomic mass is 10.1. The highest BCUT2D eigenvalue weighted by molar-refractivity contribution is 7.10.